The number of anilines is 3. The number of aromatic nitrogens is 3. The molecule has 0 aliphatic carbocycles. The Morgan fingerprint density at radius 3 is 2.74 bits per heavy atom. The van der Waals surface area contributed by atoms with E-state index >= 15 is 4.39 Å². The minimum absolute atomic E-state index is 0.0320. The maximum Gasteiger partial charge on any atom is 0.412 e. The Morgan fingerprint density at radius 1 is 1.17 bits per heavy atom. The van der Waals surface area contributed by atoms with Gasteiger partial charge in [0.25, 0.3) is 5.91 Å². The Morgan fingerprint density at radius 2 is 2.00 bits per heavy atom. The van der Waals surface area contributed by atoms with Crippen LogP contribution in [0.4, 0.5) is 39.7 Å². The van der Waals surface area contributed by atoms with E-state index in [1.807, 2.05) is 0 Å². The van der Waals surface area contributed by atoms with Crippen molar-refractivity contribution in [3.05, 3.63) is 70.3 Å². The average Bonchev–Trinajstić information content (AvgIpc) is 3.63. The third kappa shape index (κ3) is 5.26. The third-order valence-corrected chi connectivity index (χ3v) is 8.06. The number of carbonyl (C=O) groups is 2. The quantitative estimate of drug-likeness (QED) is 0.404. The zero-order valence-electron chi connectivity index (χ0n) is 21.9. The molecular weight excluding hydrogens is 582 g/mol. The summed E-state index contributed by atoms with van der Waals surface area (Å²) in [5, 5.41) is 13.2. The molecule has 220 valence electrons. The minimum atomic E-state index is -4.23. The molecule has 6 rings (SSSR count). The Hall–Kier alpha value is -4.20. The zero-order valence-corrected chi connectivity index (χ0v) is 22.7. The van der Waals surface area contributed by atoms with Crippen LogP contribution < -0.4 is 20.4 Å². The lowest BCUT2D eigenvalue weighted by molar-refractivity contribution is -0.168. The fourth-order valence-corrected chi connectivity index (χ4v) is 5.75. The van der Waals surface area contributed by atoms with Crippen LogP contribution in [0.25, 0.3) is 0 Å². The van der Waals surface area contributed by atoms with Gasteiger partial charge in [-0.3, -0.25) is 10.1 Å². The number of hydrogen-bond acceptors (Lipinski definition) is 8. The highest BCUT2D eigenvalue weighted by Gasteiger charge is 2.50. The fourth-order valence-electron chi connectivity index (χ4n) is 5.59. The molecule has 2 fully saturated rings. The first-order chi connectivity index (χ1) is 20.0. The van der Waals surface area contributed by atoms with E-state index in [2.05, 4.69) is 25.8 Å². The summed E-state index contributed by atoms with van der Waals surface area (Å²) in [6.07, 6.45) is -1.83. The van der Waals surface area contributed by atoms with Crippen molar-refractivity contribution in [3.63, 3.8) is 0 Å². The van der Waals surface area contributed by atoms with Gasteiger partial charge in [-0.1, -0.05) is 17.7 Å². The van der Waals surface area contributed by atoms with E-state index < -0.39 is 35.5 Å². The van der Waals surface area contributed by atoms with E-state index in [0.29, 0.717) is 23.7 Å². The first kappa shape index (κ1) is 27.9. The fraction of sp³-hybridized carbons (Fsp3) is 0.370. The lowest BCUT2D eigenvalue weighted by Gasteiger charge is -2.35. The van der Waals surface area contributed by atoms with Gasteiger partial charge in [-0.15, -0.1) is 5.10 Å². The number of halogens is 5. The van der Waals surface area contributed by atoms with Gasteiger partial charge >= 0.3 is 12.3 Å². The van der Waals surface area contributed by atoms with Crippen molar-refractivity contribution in [2.75, 3.05) is 41.3 Å². The minimum Gasteiger partial charge on any atom is -0.436 e. The molecule has 15 heteroatoms. The molecule has 2 amide bonds. The summed E-state index contributed by atoms with van der Waals surface area (Å²) in [4.78, 5) is 32.8. The van der Waals surface area contributed by atoms with E-state index in [1.165, 1.54) is 30.6 Å². The number of amides is 2. The SMILES string of the molecule is O=C1Nc2ccc(Cl)c(F)c2[C@]2(CCN(c3cc(C(=O)NCc4ccc(N5CCC(C(F)(F)F)C5)nc4)cnn3)C2)O1. The van der Waals surface area contributed by atoms with Gasteiger partial charge in [-0.05, 0) is 36.2 Å². The molecule has 0 radical (unpaired) electrons. The molecule has 2 aromatic heterocycles. The lowest BCUT2D eigenvalue weighted by Crippen LogP contribution is -2.42. The van der Waals surface area contributed by atoms with Crippen molar-refractivity contribution < 1.29 is 31.9 Å². The van der Waals surface area contributed by atoms with Gasteiger partial charge in [0.15, 0.2) is 17.2 Å². The van der Waals surface area contributed by atoms with Crippen LogP contribution in [0.5, 0.6) is 0 Å². The monoisotopic (exact) mass is 605 g/mol. The highest BCUT2D eigenvalue weighted by atomic mass is 35.5. The number of hydrogen-bond donors (Lipinski definition) is 2. The van der Waals surface area contributed by atoms with Gasteiger partial charge in [0.2, 0.25) is 0 Å². The lowest BCUT2D eigenvalue weighted by atomic mass is 9.89. The van der Waals surface area contributed by atoms with E-state index in [-0.39, 0.29) is 60.9 Å². The largest absolute Gasteiger partial charge is 0.436 e. The second-order valence-corrected chi connectivity index (χ2v) is 10.9. The standard InChI is InChI=1S/C27H24ClF4N7O3/c28-18-2-3-19-22(23(18)29)26(42-25(41)36-19)6-8-39(14-26)21-9-16(12-35-37-21)24(40)34-11-15-1-4-20(33-10-15)38-7-5-17(13-38)27(30,31)32/h1-4,9-10,12,17H,5-8,11,13-14H2,(H,34,40)(H,36,41)/t17?,26-/m1/s1. The number of nitrogens with one attached hydrogen (secondary N) is 2. The van der Waals surface area contributed by atoms with E-state index in [9.17, 15) is 22.8 Å². The molecule has 2 atom stereocenters. The second kappa shape index (κ2) is 10.6. The normalized spacial score (nSPS) is 21.7. The van der Waals surface area contributed by atoms with Crippen LogP contribution in [0.15, 0.2) is 42.7 Å². The number of pyridine rings is 1. The van der Waals surface area contributed by atoms with Crippen molar-refractivity contribution in [3.8, 4) is 0 Å². The summed E-state index contributed by atoms with van der Waals surface area (Å²) >= 11 is 6.02. The number of ether oxygens (including phenoxy) is 1. The molecule has 5 heterocycles. The van der Waals surface area contributed by atoms with Crippen LogP contribution in [-0.2, 0) is 16.9 Å². The summed E-state index contributed by atoms with van der Waals surface area (Å²) in [7, 11) is 0. The van der Waals surface area contributed by atoms with Crippen molar-refractivity contribution in [1.29, 1.82) is 0 Å². The number of benzene rings is 1. The predicted molar refractivity (Wildman–Crippen MR) is 144 cm³/mol. The molecule has 3 aromatic rings. The maximum atomic E-state index is 15.1. The first-order valence-electron chi connectivity index (χ1n) is 13.1. The van der Waals surface area contributed by atoms with Crippen molar-refractivity contribution >= 4 is 40.9 Å². The molecule has 1 aromatic carbocycles. The highest BCUT2D eigenvalue weighted by Crippen LogP contribution is 2.46. The molecule has 10 nitrogen and oxygen atoms in total. The number of rotatable bonds is 5. The molecule has 3 aliphatic heterocycles. The Bertz CT molecular complexity index is 1540. The van der Waals surface area contributed by atoms with Crippen LogP contribution in [0, 0.1) is 11.7 Å². The average molecular weight is 606 g/mol. The van der Waals surface area contributed by atoms with Crippen LogP contribution in [0.1, 0.15) is 34.3 Å². The van der Waals surface area contributed by atoms with Gasteiger partial charge < -0.3 is 19.9 Å². The molecule has 3 aliphatic rings. The molecular formula is C27H24ClF4N7O3. The van der Waals surface area contributed by atoms with Crippen LogP contribution in [0.2, 0.25) is 5.02 Å². The molecule has 42 heavy (non-hydrogen) atoms. The smallest absolute Gasteiger partial charge is 0.412 e. The van der Waals surface area contributed by atoms with Crippen LogP contribution in [0.3, 0.4) is 0 Å². The molecule has 2 N–H and O–H groups in total. The zero-order chi connectivity index (χ0) is 29.6. The first-order valence-corrected chi connectivity index (χ1v) is 13.5. The van der Waals surface area contributed by atoms with Gasteiger partial charge in [0, 0.05) is 38.8 Å². The summed E-state index contributed by atoms with van der Waals surface area (Å²) in [6.45, 7) is 0.690. The van der Waals surface area contributed by atoms with E-state index in [4.69, 9.17) is 16.3 Å². The second-order valence-electron chi connectivity index (χ2n) is 10.4. The topological polar surface area (TPSA) is 113 Å². The van der Waals surface area contributed by atoms with Crippen LogP contribution >= 0.6 is 11.6 Å². The van der Waals surface area contributed by atoms with Crippen molar-refractivity contribution in [2.24, 2.45) is 5.92 Å². The Kier molecular flexibility index (Phi) is 7.03. The summed E-state index contributed by atoms with van der Waals surface area (Å²) < 4.78 is 59.6. The van der Waals surface area contributed by atoms with Gasteiger partial charge in [-0.2, -0.15) is 18.3 Å². The summed E-state index contributed by atoms with van der Waals surface area (Å²) in [5.74, 6) is -1.69. The van der Waals surface area contributed by atoms with E-state index in [0.717, 1.165) is 0 Å². The molecule has 1 spiro atoms. The van der Waals surface area contributed by atoms with Gasteiger partial charge in [-0.25, -0.2) is 14.2 Å². The molecule has 0 saturated carbocycles. The summed E-state index contributed by atoms with van der Waals surface area (Å²) in [5.41, 5.74) is 0.0208. The van der Waals surface area contributed by atoms with Gasteiger partial charge in [0.1, 0.15) is 5.82 Å². The number of fused-ring (bicyclic) bond motifs is 2. The number of carbonyl (C=O) groups excluding carboxylic acids is 2. The maximum absolute atomic E-state index is 15.1. The van der Waals surface area contributed by atoms with E-state index in [1.54, 1.807) is 21.9 Å². The third-order valence-electron chi connectivity index (χ3n) is 7.77. The van der Waals surface area contributed by atoms with Crippen LogP contribution in [-0.4, -0.2) is 59.5 Å². The predicted octanol–water partition coefficient (Wildman–Crippen LogP) is 4.65. The van der Waals surface area contributed by atoms with Gasteiger partial charge in [0.05, 0.1) is 40.5 Å². The van der Waals surface area contributed by atoms with Crippen molar-refractivity contribution in [2.45, 2.75) is 31.2 Å². The number of nitrogens with zero attached hydrogens (tertiary/aromatic N) is 5. The molecule has 2 saturated heterocycles. The highest BCUT2D eigenvalue weighted by molar-refractivity contribution is 6.31. The molecule has 0 bridgehead atoms. The molecule has 1 unspecified atom stereocenters. The number of alkyl halides is 3. The van der Waals surface area contributed by atoms with Crippen molar-refractivity contribution in [1.82, 2.24) is 20.5 Å². The Balaban J connectivity index is 1.10. The summed E-state index contributed by atoms with van der Waals surface area (Å²) in [6, 6.07) is 7.75. The Labute approximate surface area is 242 Å².